The summed E-state index contributed by atoms with van der Waals surface area (Å²) in [6.07, 6.45) is 1.03. The van der Waals surface area contributed by atoms with Crippen molar-refractivity contribution in [3.8, 4) is 0 Å². The normalized spacial score (nSPS) is 21.3. The second kappa shape index (κ2) is 5.84. The lowest BCUT2D eigenvalue weighted by atomic mass is 9.83. The monoisotopic (exact) mass is 362 g/mol. The maximum Gasteiger partial charge on any atom is 0.289 e. The first kappa shape index (κ1) is 16.4. The molecule has 2 atom stereocenters. The molecule has 2 unspecified atom stereocenters. The number of hydrogen-bond acceptors (Lipinski definition) is 3. The van der Waals surface area contributed by atoms with Gasteiger partial charge in [0.15, 0.2) is 5.76 Å². The molecule has 1 aromatic carbocycles. The van der Waals surface area contributed by atoms with Gasteiger partial charge in [0.1, 0.15) is 5.58 Å². The van der Waals surface area contributed by atoms with Crippen LogP contribution >= 0.6 is 0 Å². The third kappa shape index (κ3) is 2.45. The van der Waals surface area contributed by atoms with E-state index in [1.165, 1.54) is 0 Å². The summed E-state index contributed by atoms with van der Waals surface area (Å²) >= 11 is 0. The molecule has 1 fully saturated rings. The van der Waals surface area contributed by atoms with Gasteiger partial charge in [-0.05, 0) is 37.8 Å². The number of nitrogens with zero attached hydrogens (tertiary/aromatic N) is 2. The summed E-state index contributed by atoms with van der Waals surface area (Å²) in [6, 6.07) is 11.5. The maximum absolute atomic E-state index is 13.3. The largest absolute Gasteiger partial charge is 0.450 e. The van der Waals surface area contributed by atoms with Crippen molar-refractivity contribution >= 4 is 16.9 Å². The van der Waals surface area contributed by atoms with Crippen molar-refractivity contribution < 1.29 is 9.21 Å². The van der Waals surface area contributed by atoms with Crippen LogP contribution in [0, 0.1) is 19.8 Å². The van der Waals surface area contributed by atoms with Gasteiger partial charge in [-0.3, -0.25) is 9.59 Å². The number of carbonyl (C=O) groups is 1. The van der Waals surface area contributed by atoms with E-state index in [4.69, 9.17) is 4.42 Å². The summed E-state index contributed by atoms with van der Waals surface area (Å²) in [5.74, 6) is 0.933. The molecular weight excluding hydrogens is 340 g/mol. The number of aromatic nitrogens is 1. The number of rotatable bonds is 1. The summed E-state index contributed by atoms with van der Waals surface area (Å²) in [6.45, 7) is 5.95. The van der Waals surface area contributed by atoms with Crippen LogP contribution in [0.25, 0.3) is 11.0 Å². The number of likely N-dealkylation sites (tertiary alicyclic amines) is 1. The molecule has 2 aromatic heterocycles. The van der Waals surface area contributed by atoms with E-state index < -0.39 is 0 Å². The van der Waals surface area contributed by atoms with Crippen LogP contribution < -0.4 is 5.56 Å². The number of benzene rings is 1. The molecule has 3 aromatic rings. The molecule has 2 aliphatic heterocycles. The van der Waals surface area contributed by atoms with Crippen LogP contribution in [0.15, 0.2) is 45.6 Å². The average Bonchev–Trinajstić information content (AvgIpc) is 3.00. The predicted molar refractivity (Wildman–Crippen MR) is 103 cm³/mol. The molecule has 27 heavy (non-hydrogen) atoms. The van der Waals surface area contributed by atoms with Gasteiger partial charge in [-0.15, -0.1) is 0 Å². The number of pyridine rings is 1. The molecule has 2 aliphatic rings. The van der Waals surface area contributed by atoms with Crippen LogP contribution in [0.4, 0.5) is 0 Å². The molecule has 1 saturated heterocycles. The number of para-hydroxylation sites is 1. The third-order valence-electron chi connectivity index (χ3n) is 6.12. The highest BCUT2D eigenvalue weighted by Crippen LogP contribution is 2.36. The molecule has 0 spiro atoms. The molecule has 1 amide bonds. The van der Waals surface area contributed by atoms with Gasteiger partial charge in [0, 0.05) is 48.3 Å². The summed E-state index contributed by atoms with van der Waals surface area (Å²) in [5.41, 5.74) is 3.86. The maximum atomic E-state index is 13.3. The van der Waals surface area contributed by atoms with Gasteiger partial charge < -0.3 is 13.9 Å². The number of piperidine rings is 1. The minimum Gasteiger partial charge on any atom is -0.450 e. The molecule has 0 radical (unpaired) electrons. The van der Waals surface area contributed by atoms with Crippen LogP contribution in [0.2, 0.25) is 0 Å². The smallest absolute Gasteiger partial charge is 0.289 e. The Balaban J connectivity index is 1.50. The van der Waals surface area contributed by atoms with Gasteiger partial charge in [0.05, 0.1) is 0 Å². The molecule has 5 rings (SSSR count). The predicted octanol–water partition coefficient (Wildman–Crippen LogP) is 3.47. The lowest BCUT2D eigenvalue weighted by molar-refractivity contribution is 0.0565. The molecule has 5 heteroatoms. The SMILES string of the molecule is Cc1c(C(=O)N2CC3CC(C2)c2cccc(=O)n2C3)oc2c(C)cccc12. The van der Waals surface area contributed by atoms with Gasteiger partial charge >= 0.3 is 0 Å². The molecule has 138 valence electrons. The first-order valence-corrected chi connectivity index (χ1v) is 9.50. The van der Waals surface area contributed by atoms with E-state index >= 15 is 0 Å². The summed E-state index contributed by atoms with van der Waals surface area (Å²) < 4.78 is 7.89. The Labute approximate surface area is 157 Å². The van der Waals surface area contributed by atoms with Gasteiger partial charge in [-0.1, -0.05) is 24.3 Å². The summed E-state index contributed by atoms with van der Waals surface area (Å²) in [7, 11) is 0. The highest BCUT2D eigenvalue weighted by atomic mass is 16.3. The average molecular weight is 362 g/mol. The third-order valence-corrected chi connectivity index (χ3v) is 6.12. The van der Waals surface area contributed by atoms with Crippen molar-refractivity contribution in [2.45, 2.75) is 32.7 Å². The number of carbonyl (C=O) groups excluding carboxylic acids is 1. The Hall–Kier alpha value is -2.82. The highest BCUT2D eigenvalue weighted by Gasteiger charge is 2.37. The Morgan fingerprint density at radius 3 is 2.70 bits per heavy atom. The standard InChI is InChI=1S/C22H22N2O3/c1-13-5-3-6-17-14(2)21(27-20(13)17)22(26)23-10-15-9-16(12-23)18-7-4-8-19(25)24(18)11-15/h3-8,15-16H,9-12H2,1-2H3. The number of furan rings is 1. The first-order chi connectivity index (χ1) is 13.0. The lowest BCUT2D eigenvalue weighted by Gasteiger charge is -2.42. The molecule has 0 N–H and O–H groups in total. The van der Waals surface area contributed by atoms with E-state index in [9.17, 15) is 9.59 Å². The molecular formula is C22H22N2O3. The van der Waals surface area contributed by atoms with Crippen LogP contribution in [0.3, 0.4) is 0 Å². The van der Waals surface area contributed by atoms with E-state index in [0.29, 0.717) is 31.3 Å². The Kier molecular flexibility index (Phi) is 3.54. The molecule has 0 aliphatic carbocycles. The van der Waals surface area contributed by atoms with Crippen molar-refractivity contribution in [1.82, 2.24) is 9.47 Å². The molecule has 2 bridgehead atoms. The van der Waals surface area contributed by atoms with E-state index in [-0.39, 0.29) is 17.4 Å². The van der Waals surface area contributed by atoms with E-state index in [1.807, 2.05) is 53.6 Å². The Morgan fingerprint density at radius 1 is 1.07 bits per heavy atom. The quantitative estimate of drug-likeness (QED) is 0.666. The topological polar surface area (TPSA) is 55.5 Å². The first-order valence-electron chi connectivity index (χ1n) is 9.50. The van der Waals surface area contributed by atoms with Crippen molar-refractivity contribution in [2.24, 2.45) is 5.92 Å². The van der Waals surface area contributed by atoms with Gasteiger partial charge in [0.2, 0.25) is 0 Å². The van der Waals surface area contributed by atoms with Crippen LogP contribution in [0.1, 0.15) is 39.7 Å². The van der Waals surface area contributed by atoms with Crippen molar-refractivity contribution in [2.75, 3.05) is 13.1 Å². The number of aryl methyl sites for hydroxylation is 2. The number of fused-ring (bicyclic) bond motifs is 5. The van der Waals surface area contributed by atoms with Gasteiger partial charge in [0.25, 0.3) is 11.5 Å². The molecule has 0 saturated carbocycles. The van der Waals surface area contributed by atoms with Crippen LogP contribution in [-0.2, 0) is 6.54 Å². The van der Waals surface area contributed by atoms with E-state index in [2.05, 4.69) is 0 Å². The van der Waals surface area contributed by atoms with Crippen LogP contribution in [0.5, 0.6) is 0 Å². The fourth-order valence-corrected chi connectivity index (χ4v) is 4.79. The molecule has 5 nitrogen and oxygen atoms in total. The fourth-order valence-electron chi connectivity index (χ4n) is 4.79. The summed E-state index contributed by atoms with van der Waals surface area (Å²) in [5, 5.41) is 1.01. The number of amides is 1. The van der Waals surface area contributed by atoms with Crippen molar-refractivity contribution in [1.29, 1.82) is 0 Å². The van der Waals surface area contributed by atoms with E-state index in [0.717, 1.165) is 34.2 Å². The van der Waals surface area contributed by atoms with Gasteiger partial charge in [-0.2, -0.15) is 0 Å². The van der Waals surface area contributed by atoms with Gasteiger partial charge in [-0.25, -0.2) is 0 Å². The van der Waals surface area contributed by atoms with Crippen molar-refractivity contribution in [3.63, 3.8) is 0 Å². The number of hydrogen-bond donors (Lipinski definition) is 0. The second-order valence-electron chi connectivity index (χ2n) is 7.92. The fraction of sp³-hybridized carbons (Fsp3) is 0.364. The Morgan fingerprint density at radius 2 is 1.89 bits per heavy atom. The minimum atomic E-state index is -0.0375. The van der Waals surface area contributed by atoms with Crippen molar-refractivity contribution in [3.05, 3.63) is 69.3 Å². The summed E-state index contributed by atoms with van der Waals surface area (Å²) in [4.78, 5) is 27.4. The second-order valence-corrected chi connectivity index (χ2v) is 7.92. The zero-order valence-electron chi connectivity index (χ0n) is 15.6. The van der Waals surface area contributed by atoms with Crippen LogP contribution in [-0.4, -0.2) is 28.5 Å². The highest BCUT2D eigenvalue weighted by molar-refractivity contribution is 5.99. The molecule has 4 heterocycles. The lowest BCUT2D eigenvalue weighted by Crippen LogP contribution is -2.49. The Bertz CT molecular complexity index is 1120. The minimum absolute atomic E-state index is 0.0375. The van der Waals surface area contributed by atoms with E-state index in [1.54, 1.807) is 6.07 Å². The zero-order valence-corrected chi connectivity index (χ0v) is 15.6. The zero-order chi connectivity index (χ0) is 18.7.